The van der Waals surface area contributed by atoms with E-state index in [0.717, 1.165) is 17.8 Å². The molecule has 18 heavy (non-hydrogen) atoms. The zero-order valence-corrected chi connectivity index (χ0v) is 10.8. The minimum atomic E-state index is 0.561. The Hall–Kier alpha value is -1.90. The molecule has 92 valence electrons. The summed E-state index contributed by atoms with van der Waals surface area (Å²) in [7, 11) is 1.57. The Morgan fingerprint density at radius 2 is 2.33 bits per heavy atom. The van der Waals surface area contributed by atoms with Crippen molar-refractivity contribution in [2.45, 2.75) is 13.1 Å². The third-order valence-corrected chi connectivity index (χ3v) is 3.14. The van der Waals surface area contributed by atoms with Crippen molar-refractivity contribution in [3.05, 3.63) is 45.9 Å². The maximum Gasteiger partial charge on any atom is 0.136 e. The topological polar surface area (TPSA) is 57.9 Å². The van der Waals surface area contributed by atoms with Gasteiger partial charge in [-0.2, -0.15) is 5.26 Å². The monoisotopic (exact) mass is 259 g/mol. The molecule has 1 aromatic carbocycles. The van der Waals surface area contributed by atoms with Crippen LogP contribution >= 0.6 is 11.3 Å². The van der Waals surface area contributed by atoms with E-state index in [9.17, 15) is 0 Å². The van der Waals surface area contributed by atoms with Crippen LogP contribution in [-0.4, -0.2) is 12.1 Å². The molecule has 0 amide bonds. The predicted octanol–water partition coefficient (Wildman–Crippen LogP) is 2.31. The highest BCUT2D eigenvalue weighted by Gasteiger charge is 2.03. The van der Waals surface area contributed by atoms with Gasteiger partial charge in [0.25, 0.3) is 0 Å². The average Bonchev–Trinajstić information content (AvgIpc) is 2.91. The van der Waals surface area contributed by atoms with Crippen LogP contribution in [0.15, 0.2) is 29.1 Å². The largest absolute Gasteiger partial charge is 0.495 e. The molecular weight excluding hydrogens is 246 g/mol. The molecule has 1 N–H and O–H groups in total. The molecule has 0 bridgehead atoms. The smallest absolute Gasteiger partial charge is 0.136 e. The van der Waals surface area contributed by atoms with Gasteiger partial charge in [-0.1, -0.05) is 6.07 Å². The quantitative estimate of drug-likeness (QED) is 0.895. The molecule has 2 rings (SSSR count). The number of nitrogens with zero attached hydrogens (tertiary/aromatic N) is 2. The highest BCUT2D eigenvalue weighted by Crippen LogP contribution is 2.18. The summed E-state index contributed by atoms with van der Waals surface area (Å²) in [4.78, 5) is 4.19. The number of thiazole rings is 1. The molecule has 0 aliphatic heterocycles. The zero-order chi connectivity index (χ0) is 12.8. The SMILES string of the molecule is COc1ccc(CNCc2cscn2)cc1C#N. The molecule has 0 radical (unpaired) electrons. The molecule has 0 atom stereocenters. The van der Waals surface area contributed by atoms with Gasteiger partial charge in [-0.25, -0.2) is 4.98 Å². The van der Waals surface area contributed by atoms with E-state index in [1.54, 1.807) is 18.4 Å². The van der Waals surface area contributed by atoms with Gasteiger partial charge in [0, 0.05) is 18.5 Å². The lowest BCUT2D eigenvalue weighted by atomic mass is 10.1. The lowest BCUT2D eigenvalue weighted by Crippen LogP contribution is -2.12. The number of rotatable bonds is 5. The van der Waals surface area contributed by atoms with Crippen LogP contribution in [0.5, 0.6) is 5.75 Å². The molecule has 4 nitrogen and oxygen atoms in total. The number of hydrogen-bond donors (Lipinski definition) is 1. The Balaban J connectivity index is 1.96. The first-order chi connectivity index (χ1) is 8.83. The number of benzene rings is 1. The van der Waals surface area contributed by atoms with Crippen LogP contribution in [-0.2, 0) is 13.1 Å². The molecule has 0 unspecified atom stereocenters. The van der Waals surface area contributed by atoms with Gasteiger partial charge in [-0.05, 0) is 17.7 Å². The number of ether oxygens (including phenoxy) is 1. The fourth-order valence-electron chi connectivity index (χ4n) is 1.61. The summed E-state index contributed by atoms with van der Waals surface area (Å²) in [5, 5.41) is 14.3. The number of hydrogen-bond acceptors (Lipinski definition) is 5. The number of aromatic nitrogens is 1. The number of methoxy groups -OCH3 is 1. The minimum Gasteiger partial charge on any atom is -0.495 e. The summed E-state index contributed by atoms with van der Waals surface area (Å²) in [6, 6.07) is 7.74. The summed E-state index contributed by atoms with van der Waals surface area (Å²) in [6.07, 6.45) is 0. The highest BCUT2D eigenvalue weighted by atomic mass is 32.1. The van der Waals surface area contributed by atoms with E-state index >= 15 is 0 Å². The third-order valence-electron chi connectivity index (χ3n) is 2.50. The van der Waals surface area contributed by atoms with Gasteiger partial charge < -0.3 is 10.1 Å². The second-order valence-corrected chi connectivity index (χ2v) is 4.45. The summed E-state index contributed by atoms with van der Waals surface area (Å²) < 4.78 is 5.10. The Kier molecular flexibility index (Phi) is 4.29. The van der Waals surface area contributed by atoms with Crippen molar-refractivity contribution in [2.24, 2.45) is 0 Å². The van der Waals surface area contributed by atoms with E-state index in [4.69, 9.17) is 10.00 Å². The van der Waals surface area contributed by atoms with Crippen molar-refractivity contribution < 1.29 is 4.74 Å². The third kappa shape index (κ3) is 3.06. The van der Waals surface area contributed by atoms with Gasteiger partial charge in [0.05, 0.1) is 23.9 Å². The first-order valence-corrected chi connectivity index (χ1v) is 6.42. The van der Waals surface area contributed by atoms with E-state index in [0.29, 0.717) is 17.9 Å². The molecular formula is C13H13N3OS. The Morgan fingerprint density at radius 1 is 1.44 bits per heavy atom. The molecule has 0 fully saturated rings. The first kappa shape index (κ1) is 12.6. The average molecular weight is 259 g/mol. The lowest BCUT2D eigenvalue weighted by Gasteiger charge is -2.06. The van der Waals surface area contributed by atoms with E-state index in [-0.39, 0.29) is 0 Å². The summed E-state index contributed by atoms with van der Waals surface area (Å²) in [5.74, 6) is 0.612. The zero-order valence-electron chi connectivity index (χ0n) is 10.0. The van der Waals surface area contributed by atoms with Crippen LogP contribution in [0.4, 0.5) is 0 Å². The van der Waals surface area contributed by atoms with Crippen molar-refractivity contribution in [1.29, 1.82) is 5.26 Å². The first-order valence-electron chi connectivity index (χ1n) is 5.48. The van der Waals surface area contributed by atoms with E-state index in [1.807, 2.05) is 29.1 Å². The van der Waals surface area contributed by atoms with Crippen LogP contribution in [0, 0.1) is 11.3 Å². The molecule has 5 heteroatoms. The van der Waals surface area contributed by atoms with Crippen molar-refractivity contribution in [2.75, 3.05) is 7.11 Å². The van der Waals surface area contributed by atoms with Gasteiger partial charge in [0.2, 0.25) is 0 Å². The molecule has 1 aromatic heterocycles. The summed E-state index contributed by atoms with van der Waals surface area (Å²) in [6.45, 7) is 1.44. The molecule has 0 aliphatic carbocycles. The van der Waals surface area contributed by atoms with Gasteiger partial charge in [-0.3, -0.25) is 0 Å². The number of nitrogens with one attached hydrogen (secondary N) is 1. The van der Waals surface area contributed by atoms with Gasteiger partial charge in [0.15, 0.2) is 0 Å². The van der Waals surface area contributed by atoms with Crippen LogP contribution in [0.1, 0.15) is 16.8 Å². The molecule has 2 aromatic rings. The van der Waals surface area contributed by atoms with Crippen molar-refractivity contribution in [3.63, 3.8) is 0 Å². The van der Waals surface area contributed by atoms with Crippen LogP contribution in [0.3, 0.4) is 0 Å². The maximum atomic E-state index is 8.99. The second-order valence-electron chi connectivity index (χ2n) is 3.73. The molecule has 0 saturated carbocycles. The van der Waals surface area contributed by atoms with Crippen molar-refractivity contribution in [3.8, 4) is 11.8 Å². The van der Waals surface area contributed by atoms with E-state index < -0.39 is 0 Å². The number of nitriles is 1. The van der Waals surface area contributed by atoms with E-state index in [1.165, 1.54) is 0 Å². The second kappa shape index (κ2) is 6.15. The molecule has 0 spiro atoms. The van der Waals surface area contributed by atoms with E-state index in [2.05, 4.69) is 16.4 Å². The molecule has 0 aliphatic rings. The molecule has 1 heterocycles. The fraction of sp³-hybridized carbons (Fsp3) is 0.231. The Morgan fingerprint density at radius 3 is 3.00 bits per heavy atom. The minimum absolute atomic E-state index is 0.561. The normalized spacial score (nSPS) is 10.0. The van der Waals surface area contributed by atoms with Crippen LogP contribution in [0.25, 0.3) is 0 Å². The van der Waals surface area contributed by atoms with Crippen LogP contribution in [0.2, 0.25) is 0 Å². The predicted molar refractivity (Wildman–Crippen MR) is 70.4 cm³/mol. The summed E-state index contributed by atoms with van der Waals surface area (Å²) in [5.41, 5.74) is 4.47. The van der Waals surface area contributed by atoms with Crippen molar-refractivity contribution in [1.82, 2.24) is 10.3 Å². The molecule has 0 saturated heterocycles. The van der Waals surface area contributed by atoms with Gasteiger partial charge in [-0.15, -0.1) is 11.3 Å². The lowest BCUT2D eigenvalue weighted by molar-refractivity contribution is 0.413. The fourth-order valence-corrected chi connectivity index (χ4v) is 2.17. The van der Waals surface area contributed by atoms with Crippen LogP contribution < -0.4 is 10.1 Å². The Bertz CT molecular complexity index is 546. The Labute approximate surface area is 110 Å². The standard InChI is InChI=1S/C13H13N3OS/c1-17-13-3-2-10(4-11(13)5-14)6-15-7-12-8-18-9-16-12/h2-4,8-9,15H,6-7H2,1H3. The van der Waals surface area contributed by atoms with Gasteiger partial charge in [0.1, 0.15) is 11.8 Å². The highest BCUT2D eigenvalue weighted by molar-refractivity contribution is 7.07. The van der Waals surface area contributed by atoms with Crippen molar-refractivity contribution >= 4 is 11.3 Å². The maximum absolute atomic E-state index is 8.99. The summed E-state index contributed by atoms with van der Waals surface area (Å²) >= 11 is 1.59. The van der Waals surface area contributed by atoms with Gasteiger partial charge >= 0.3 is 0 Å².